The van der Waals surface area contributed by atoms with Crippen molar-refractivity contribution in [2.75, 3.05) is 6.54 Å². The van der Waals surface area contributed by atoms with E-state index in [1.165, 1.54) is 24.2 Å². The maximum Gasteiger partial charge on any atom is 0.147 e. The molecule has 1 aliphatic carbocycles. The molecule has 0 spiro atoms. The van der Waals surface area contributed by atoms with E-state index in [0.717, 1.165) is 37.0 Å². The van der Waals surface area contributed by atoms with E-state index in [4.69, 9.17) is 11.6 Å². The van der Waals surface area contributed by atoms with Crippen molar-refractivity contribution in [1.82, 2.24) is 19.7 Å². The number of fused-ring (bicyclic) bond motifs is 1. The van der Waals surface area contributed by atoms with Crippen molar-refractivity contribution in [3.63, 3.8) is 0 Å². The first-order chi connectivity index (χ1) is 9.79. The maximum absolute atomic E-state index is 5.92. The SMILES string of the molecule is Clc1ccc(CN2CCn3c(nnc3C3CC3)C2)cc1. The fourth-order valence-corrected chi connectivity index (χ4v) is 2.98. The molecule has 0 saturated heterocycles. The number of aromatic nitrogens is 3. The highest BCUT2D eigenvalue weighted by molar-refractivity contribution is 6.30. The Morgan fingerprint density at radius 1 is 1.10 bits per heavy atom. The highest BCUT2D eigenvalue weighted by Crippen LogP contribution is 2.39. The molecule has 5 heteroatoms. The number of hydrogen-bond donors (Lipinski definition) is 0. The molecule has 104 valence electrons. The van der Waals surface area contributed by atoms with Gasteiger partial charge in [-0.05, 0) is 30.5 Å². The zero-order chi connectivity index (χ0) is 13.5. The summed E-state index contributed by atoms with van der Waals surface area (Å²) in [6, 6.07) is 8.09. The largest absolute Gasteiger partial charge is 0.312 e. The number of hydrogen-bond acceptors (Lipinski definition) is 3. The van der Waals surface area contributed by atoms with Crippen molar-refractivity contribution in [2.24, 2.45) is 0 Å². The van der Waals surface area contributed by atoms with Gasteiger partial charge in [-0.15, -0.1) is 10.2 Å². The van der Waals surface area contributed by atoms with Crippen LogP contribution in [0.15, 0.2) is 24.3 Å². The lowest BCUT2D eigenvalue weighted by Gasteiger charge is -2.27. The predicted molar refractivity (Wildman–Crippen MR) is 77.6 cm³/mol. The fourth-order valence-electron chi connectivity index (χ4n) is 2.86. The molecule has 0 atom stereocenters. The summed E-state index contributed by atoms with van der Waals surface area (Å²) in [5.41, 5.74) is 1.30. The van der Waals surface area contributed by atoms with Gasteiger partial charge in [-0.1, -0.05) is 23.7 Å². The Hall–Kier alpha value is -1.39. The van der Waals surface area contributed by atoms with Crippen LogP contribution in [-0.2, 0) is 19.6 Å². The quantitative estimate of drug-likeness (QED) is 0.871. The molecule has 1 fully saturated rings. The van der Waals surface area contributed by atoms with E-state index >= 15 is 0 Å². The lowest BCUT2D eigenvalue weighted by atomic mass is 10.2. The zero-order valence-corrected chi connectivity index (χ0v) is 12.1. The van der Waals surface area contributed by atoms with Crippen LogP contribution in [-0.4, -0.2) is 26.2 Å². The van der Waals surface area contributed by atoms with Crippen LogP contribution >= 0.6 is 11.6 Å². The van der Waals surface area contributed by atoms with Crippen LogP contribution in [0.3, 0.4) is 0 Å². The van der Waals surface area contributed by atoms with Gasteiger partial charge in [-0.25, -0.2) is 0 Å². The molecule has 1 aromatic heterocycles. The van der Waals surface area contributed by atoms with E-state index in [1.807, 2.05) is 12.1 Å². The standard InChI is InChI=1S/C15H17ClN4/c16-13-5-1-11(2-6-13)9-19-7-8-20-14(10-19)17-18-15(20)12-3-4-12/h1-2,5-6,12H,3-4,7-10H2. The summed E-state index contributed by atoms with van der Waals surface area (Å²) in [6.45, 7) is 3.92. The molecule has 2 aliphatic rings. The minimum absolute atomic E-state index is 0.680. The van der Waals surface area contributed by atoms with Crippen LogP contribution in [0.25, 0.3) is 0 Å². The van der Waals surface area contributed by atoms with Gasteiger partial charge in [0.15, 0.2) is 0 Å². The van der Waals surface area contributed by atoms with Crippen LogP contribution in [0.2, 0.25) is 5.02 Å². The van der Waals surface area contributed by atoms with Gasteiger partial charge in [0, 0.05) is 30.6 Å². The van der Waals surface area contributed by atoms with Gasteiger partial charge < -0.3 is 4.57 Å². The number of halogens is 1. The molecule has 0 N–H and O–H groups in total. The highest BCUT2D eigenvalue weighted by Gasteiger charge is 2.31. The van der Waals surface area contributed by atoms with Gasteiger partial charge in [-0.2, -0.15) is 0 Å². The second kappa shape index (κ2) is 4.86. The Balaban J connectivity index is 1.48. The first kappa shape index (κ1) is 12.4. The van der Waals surface area contributed by atoms with Crippen LogP contribution in [0, 0.1) is 0 Å². The lowest BCUT2D eigenvalue weighted by molar-refractivity contribution is 0.207. The molecule has 2 aromatic rings. The number of nitrogens with zero attached hydrogens (tertiary/aromatic N) is 4. The Morgan fingerprint density at radius 3 is 2.65 bits per heavy atom. The van der Waals surface area contributed by atoms with Crippen molar-refractivity contribution < 1.29 is 0 Å². The van der Waals surface area contributed by atoms with Crippen molar-refractivity contribution in [2.45, 2.75) is 38.4 Å². The summed E-state index contributed by atoms with van der Waals surface area (Å²) in [4.78, 5) is 2.42. The normalized spacial score (nSPS) is 19.1. The third-order valence-electron chi connectivity index (χ3n) is 4.12. The third kappa shape index (κ3) is 2.34. The zero-order valence-electron chi connectivity index (χ0n) is 11.3. The molecule has 0 bridgehead atoms. The minimum atomic E-state index is 0.680. The molecular weight excluding hydrogens is 272 g/mol. The number of rotatable bonds is 3. The fraction of sp³-hybridized carbons (Fsp3) is 0.467. The van der Waals surface area contributed by atoms with Crippen molar-refractivity contribution >= 4 is 11.6 Å². The Kier molecular flexibility index (Phi) is 3.00. The first-order valence-corrected chi connectivity index (χ1v) is 7.56. The summed E-state index contributed by atoms with van der Waals surface area (Å²) in [6.07, 6.45) is 2.57. The molecule has 1 aromatic carbocycles. The molecule has 1 aliphatic heterocycles. The van der Waals surface area contributed by atoms with E-state index in [0.29, 0.717) is 5.92 Å². The summed E-state index contributed by atoms with van der Waals surface area (Å²) in [7, 11) is 0. The second-order valence-corrected chi connectivity index (χ2v) is 6.17. The average molecular weight is 289 g/mol. The summed E-state index contributed by atoms with van der Waals surface area (Å²) in [5, 5.41) is 9.55. The second-order valence-electron chi connectivity index (χ2n) is 5.74. The molecule has 2 heterocycles. The monoisotopic (exact) mass is 288 g/mol. The van der Waals surface area contributed by atoms with Crippen LogP contribution in [0.5, 0.6) is 0 Å². The topological polar surface area (TPSA) is 34.0 Å². The molecule has 0 unspecified atom stereocenters. The minimum Gasteiger partial charge on any atom is -0.312 e. The van der Waals surface area contributed by atoms with Crippen molar-refractivity contribution in [3.8, 4) is 0 Å². The third-order valence-corrected chi connectivity index (χ3v) is 4.37. The summed E-state index contributed by atoms with van der Waals surface area (Å²) >= 11 is 5.92. The summed E-state index contributed by atoms with van der Waals surface area (Å²) in [5.74, 6) is 3.01. The molecule has 1 saturated carbocycles. The molecular formula is C15H17ClN4. The molecule has 4 rings (SSSR count). The highest BCUT2D eigenvalue weighted by atomic mass is 35.5. The van der Waals surface area contributed by atoms with E-state index < -0.39 is 0 Å². The van der Waals surface area contributed by atoms with Crippen molar-refractivity contribution in [1.29, 1.82) is 0 Å². The molecule has 0 amide bonds. The van der Waals surface area contributed by atoms with Gasteiger partial charge in [0.05, 0.1) is 6.54 Å². The predicted octanol–water partition coefficient (Wildman–Crippen LogP) is 2.82. The smallest absolute Gasteiger partial charge is 0.147 e. The van der Waals surface area contributed by atoms with Gasteiger partial charge in [0.2, 0.25) is 0 Å². The van der Waals surface area contributed by atoms with E-state index in [2.05, 4.69) is 31.8 Å². The molecule has 4 nitrogen and oxygen atoms in total. The maximum atomic E-state index is 5.92. The Morgan fingerprint density at radius 2 is 1.90 bits per heavy atom. The van der Waals surface area contributed by atoms with Crippen molar-refractivity contribution in [3.05, 3.63) is 46.5 Å². The molecule has 0 radical (unpaired) electrons. The summed E-state index contributed by atoms with van der Waals surface area (Å²) < 4.78 is 2.33. The van der Waals surface area contributed by atoms with Crippen LogP contribution in [0.4, 0.5) is 0 Å². The average Bonchev–Trinajstić information content (AvgIpc) is 3.22. The number of benzene rings is 1. The van der Waals surface area contributed by atoms with Gasteiger partial charge in [0.1, 0.15) is 11.6 Å². The Labute approximate surface area is 123 Å². The van der Waals surface area contributed by atoms with Gasteiger partial charge in [0.25, 0.3) is 0 Å². The van der Waals surface area contributed by atoms with E-state index in [-0.39, 0.29) is 0 Å². The van der Waals surface area contributed by atoms with Crippen LogP contribution in [0.1, 0.15) is 36.0 Å². The Bertz CT molecular complexity index is 615. The van der Waals surface area contributed by atoms with Gasteiger partial charge in [-0.3, -0.25) is 4.90 Å². The first-order valence-electron chi connectivity index (χ1n) is 7.18. The van der Waals surface area contributed by atoms with Crippen LogP contribution < -0.4 is 0 Å². The van der Waals surface area contributed by atoms with E-state index in [9.17, 15) is 0 Å². The van der Waals surface area contributed by atoms with Gasteiger partial charge >= 0.3 is 0 Å². The lowest BCUT2D eigenvalue weighted by Crippen LogP contribution is -2.33. The molecule has 20 heavy (non-hydrogen) atoms. The van der Waals surface area contributed by atoms with E-state index in [1.54, 1.807) is 0 Å².